The molecule has 0 bridgehead atoms. The monoisotopic (exact) mass is 317 g/mol. The molecular weight excluding hydrogens is 286 g/mol. The number of aliphatic hydroxyl groups is 1. The van der Waals surface area contributed by atoms with Crippen LogP contribution in [0.4, 0.5) is 0 Å². The third-order valence-corrected chi connectivity index (χ3v) is 8.49. The second-order valence-electron chi connectivity index (χ2n) is 9.08. The van der Waals surface area contributed by atoms with Gasteiger partial charge in [-0.3, -0.25) is 0 Å². The van der Waals surface area contributed by atoms with Crippen LogP contribution >= 0.6 is 0 Å². The van der Waals surface area contributed by atoms with Crippen LogP contribution in [-0.4, -0.2) is 21.6 Å². The summed E-state index contributed by atoms with van der Waals surface area (Å²) < 4.78 is 0. The highest BCUT2D eigenvalue weighted by Gasteiger charge is 2.60. The smallest absolute Gasteiger partial charge is 0.0824 e. The van der Waals surface area contributed by atoms with Gasteiger partial charge in [-0.15, -0.1) is 0 Å². The Kier molecular flexibility index (Phi) is 3.46. The van der Waals surface area contributed by atoms with Crippen LogP contribution in [0.5, 0.6) is 0 Å². The molecule has 4 rings (SSSR count). The van der Waals surface area contributed by atoms with Crippen LogP contribution in [0.1, 0.15) is 72.1 Å². The molecule has 0 amide bonds. The summed E-state index contributed by atoms with van der Waals surface area (Å²) in [5.41, 5.74) is 3.42. The van der Waals surface area contributed by atoms with Gasteiger partial charge >= 0.3 is 0 Å². The molecule has 3 nitrogen and oxygen atoms in total. The van der Waals surface area contributed by atoms with Crippen molar-refractivity contribution in [2.24, 2.45) is 34.2 Å². The summed E-state index contributed by atoms with van der Waals surface area (Å²) in [6, 6.07) is 0. The predicted molar refractivity (Wildman–Crippen MR) is 91.5 cm³/mol. The Morgan fingerprint density at radius 3 is 2.52 bits per heavy atom. The van der Waals surface area contributed by atoms with Crippen LogP contribution in [0.2, 0.25) is 0 Å². The zero-order chi connectivity index (χ0) is 16.4. The fraction of sp³-hybridized carbons (Fsp3) is 0.850. The maximum atomic E-state index is 10.9. The Balaban J connectivity index is 1.66. The first-order valence-corrected chi connectivity index (χ1v) is 9.52. The van der Waals surface area contributed by atoms with Crippen molar-refractivity contribution in [1.82, 2.24) is 0 Å². The van der Waals surface area contributed by atoms with Gasteiger partial charge in [-0.25, -0.2) is 0 Å². The molecule has 6 atom stereocenters. The number of oxime groups is 1. The van der Waals surface area contributed by atoms with Crippen LogP contribution in [0.15, 0.2) is 16.3 Å². The highest BCUT2D eigenvalue weighted by atomic mass is 16.4. The van der Waals surface area contributed by atoms with Crippen molar-refractivity contribution in [3.63, 3.8) is 0 Å². The molecule has 0 unspecified atom stereocenters. The molecule has 0 saturated heterocycles. The summed E-state index contributed by atoms with van der Waals surface area (Å²) in [5, 5.41) is 23.7. The predicted octanol–water partition coefficient (Wildman–Crippen LogP) is 4.53. The number of hydrogen-bond donors (Lipinski definition) is 2. The Bertz CT molecular complexity index is 576. The van der Waals surface area contributed by atoms with Gasteiger partial charge in [0, 0.05) is 0 Å². The van der Waals surface area contributed by atoms with Gasteiger partial charge in [0.2, 0.25) is 0 Å². The van der Waals surface area contributed by atoms with E-state index in [-0.39, 0.29) is 5.41 Å². The summed E-state index contributed by atoms with van der Waals surface area (Å²) in [6.07, 6.45) is 9.15. The molecule has 3 heteroatoms. The van der Waals surface area contributed by atoms with Gasteiger partial charge in [0.05, 0.1) is 11.3 Å². The fourth-order valence-electron chi connectivity index (χ4n) is 6.89. The number of hydrogen-bond acceptors (Lipinski definition) is 3. The Hall–Kier alpha value is -0.830. The maximum Gasteiger partial charge on any atom is 0.0824 e. The molecular formula is C20H31NO2. The maximum absolute atomic E-state index is 10.9. The zero-order valence-electron chi connectivity index (χ0n) is 14.8. The van der Waals surface area contributed by atoms with E-state index in [1.807, 2.05) is 0 Å². The van der Waals surface area contributed by atoms with Gasteiger partial charge in [-0.05, 0) is 99.9 Å². The largest absolute Gasteiger partial charge is 0.411 e. The van der Waals surface area contributed by atoms with Crippen LogP contribution < -0.4 is 0 Å². The van der Waals surface area contributed by atoms with Gasteiger partial charge in [0.25, 0.3) is 0 Å². The van der Waals surface area contributed by atoms with Crippen LogP contribution in [0, 0.1) is 29.1 Å². The summed E-state index contributed by atoms with van der Waals surface area (Å²) in [5.74, 6) is 2.98. The van der Waals surface area contributed by atoms with Crippen molar-refractivity contribution in [3.05, 3.63) is 11.1 Å². The van der Waals surface area contributed by atoms with Gasteiger partial charge in [0.1, 0.15) is 0 Å². The first-order valence-electron chi connectivity index (χ1n) is 9.52. The molecule has 3 saturated carbocycles. The molecule has 0 aliphatic heterocycles. The number of rotatable bonds is 0. The highest BCUT2D eigenvalue weighted by Crippen LogP contribution is 2.64. The lowest BCUT2D eigenvalue weighted by Crippen LogP contribution is -2.51. The molecule has 0 heterocycles. The van der Waals surface area contributed by atoms with Gasteiger partial charge in [0.15, 0.2) is 0 Å². The Morgan fingerprint density at radius 1 is 1.00 bits per heavy atom. The van der Waals surface area contributed by atoms with E-state index in [2.05, 4.69) is 25.9 Å². The molecule has 2 N–H and O–H groups in total. The fourth-order valence-corrected chi connectivity index (χ4v) is 6.89. The summed E-state index contributed by atoms with van der Waals surface area (Å²) in [4.78, 5) is 0. The average molecular weight is 317 g/mol. The Labute approximate surface area is 139 Å². The van der Waals surface area contributed by atoms with Crippen molar-refractivity contribution in [3.8, 4) is 0 Å². The summed E-state index contributed by atoms with van der Waals surface area (Å²) >= 11 is 0. The van der Waals surface area contributed by atoms with Crippen LogP contribution in [0.25, 0.3) is 0 Å². The first kappa shape index (κ1) is 15.7. The Morgan fingerprint density at radius 2 is 1.78 bits per heavy atom. The SMILES string of the molecule is CC1=C2CC[C@@H]3[C@H](CC[C@@]4(C)[C@H]3CC[C@]4(C)O)[C@H]2CC/C1=N\O. The molecule has 128 valence electrons. The first-order chi connectivity index (χ1) is 10.9. The third-order valence-electron chi connectivity index (χ3n) is 8.49. The number of allylic oxidation sites excluding steroid dienone is 2. The second-order valence-corrected chi connectivity index (χ2v) is 9.08. The lowest BCUT2D eigenvalue weighted by molar-refractivity contribution is -0.106. The molecule has 3 fully saturated rings. The highest BCUT2D eigenvalue weighted by molar-refractivity contribution is 6.00. The molecule has 4 aliphatic rings. The minimum absolute atomic E-state index is 0.122. The van der Waals surface area contributed by atoms with E-state index in [1.165, 1.54) is 37.7 Å². The van der Waals surface area contributed by atoms with E-state index >= 15 is 0 Å². The van der Waals surface area contributed by atoms with Gasteiger partial charge in [-0.2, -0.15) is 0 Å². The van der Waals surface area contributed by atoms with Gasteiger partial charge < -0.3 is 10.3 Å². The van der Waals surface area contributed by atoms with Crippen molar-refractivity contribution in [2.75, 3.05) is 0 Å². The normalized spacial score (nSPS) is 51.4. The second kappa shape index (κ2) is 5.08. The minimum atomic E-state index is -0.474. The molecule has 0 spiro atoms. The molecule has 0 radical (unpaired) electrons. The van der Waals surface area contributed by atoms with E-state index in [9.17, 15) is 10.3 Å². The average Bonchev–Trinajstić information content (AvgIpc) is 2.77. The lowest BCUT2D eigenvalue weighted by atomic mass is 9.50. The number of fused-ring (bicyclic) bond motifs is 5. The lowest BCUT2D eigenvalue weighted by Gasteiger charge is -2.55. The van der Waals surface area contributed by atoms with Crippen molar-refractivity contribution in [2.45, 2.75) is 77.7 Å². The van der Waals surface area contributed by atoms with Crippen molar-refractivity contribution < 1.29 is 10.3 Å². The molecule has 23 heavy (non-hydrogen) atoms. The zero-order valence-corrected chi connectivity index (χ0v) is 14.8. The van der Waals surface area contributed by atoms with Crippen molar-refractivity contribution in [1.29, 1.82) is 0 Å². The van der Waals surface area contributed by atoms with Crippen molar-refractivity contribution >= 4 is 5.71 Å². The van der Waals surface area contributed by atoms with E-state index < -0.39 is 5.60 Å². The van der Waals surface area contributed by atoms with E-state index in [1.54, 1.807) is 5.57 Å². The third kappa shape index (κ3) is 2.01. The van der Waals surface area contributed by atoms with Crippen LogP contribution in [0.3, 0.4) is 0 Å². The minimum Gasteiger partial charge on any atom is -0.411 e. The van der Waals surface area contributed by atoms with E-state index in [0.29, 0.717) is 11.8 Å². The van der Waals surface area contributed by atoms with Gasteiger partial charge in [-0.1, -0.05) is 17.7 Å². The molecule has 0 aromatic rings. The molecule has 0 aromatic heterocycles. The van der Waals surface area contributed by atoms with Crippen LogP contribution in [-0.2, 0) is 0 Å². The molecule has 4 aliphatic carbocycles. The van der Waals surface area contributed by atoms with E-state index in [0.717, 1.165) is 36.8 Å². The summed E-state index contributed by atoms with van der Waals surface area (Å²) in [6.45, 7) is 6.59. The molecule has 0 aromatic carbocycles. The quantitative estimate of drug-likeness (QED) is 0.509. The standard InChI is InChI=1S/C20H31NO2/c1-12-13-4-5-16-15(14(13)6-7-18(12)21-23)8-10-19(2)17(16)9-11-20(19,3)22/h14-17,22-23H,4-11H2,1-3H3/b21-18+/t14-,15+,16+,17-,19-,20-/m0/s1. The topological polar surface area (TPSA) is 52.8 Å². The summed E-state index contributed by atoms with van der Waals surface area (Å²) in [7, 11) is 0. The number of nitrogens with zero attached hydrogens (tertiary/aromatic N) is 1. The van der Waals surface area contributed by atoms with E-state index in [4.69, 9.17) is 0 Å².